The Bertz CT molecular complexity index is 866. The van der Waals surface area contributed by atoms with Crippen molar-refractivity contribution in [2.24, 2.45) is 0 Å². The third-order valence-electron chi connectivity index (χ3n) is 5.79. The van der Waals surface area contributed by atoms with Gasteiger partial charge in [0, 0.05) is 57.9 Å². The molecular weight excluding hydrogens is 396 g/mol. The Hall–Kier alpha value is -2.87. The van der Waals surface area contributed by atoms with Crippen molar-refractivity contribution in [3.8, 4) is 5.75 Å². The molecule has 3 rings (SSSR count). The van der Waals surface area contributed by atoms with E-state index in [0.29, 0.717) is 25.2 Å². The third-order valence-corrected chi connectivity index (χ3v) is 5.79. The molecule has 2 aromatic rings. The number of hydrogen-bond donors (Lipinski definition) is 1. The number of aromatic nitrogens is 2. The number of nitrogens with one attached hydrogen (secondary N) is 1. The van der Waals surface area contributed by atoms with Gasteiger partial charge in [0.15, 0.2) is 0 Å². The van der Waals surface area contributed by atoms with Gasteiger partial charge < -0.3 is 19.3 Å². The summed E-state index contributed by atoms with van der Waals surface area (Å²) in [7, 11) is 3.34. The summed E-state index contributed by atoms with van der Waals surface area (Å²) in [4.78, 5) is 28.2. The first-order valence-electron chi connectivity index (χ1n) is 10.7. The topological polar surface area (TPSA) is 87.8 Å². The average molecular weight is 429 g/mol. The van der Waals surface area contributed by atoms with Crippen LogP contribution in [-0.4, -0.2) is 78.3 Å². The standard InChI is InChI=1S/C23H32N4O4/c1-16-21(17(2)25-24-16)11-12-26(3)23(29)18-5-7-19(8-6-18)31-20-9-13-27(14-10-20)22(28)15-30-4/h5-8,20H,9-15H2,1-4H3,(H,24,25). The fraction of sp³-hybridized carbons (Fsp3) is 0.522. The van der Waals surface area contributed by atoms with E-state index in [0.717, 1.165) is 36.4 Å². The lowest BCUT2D eigenvalue weighted by Crippen LogP contribution is -2.43. The van der Waals surface area contributed by atoms with Gasteiger partial charge in [-0.2, -0.15) is 5.10 Å². The Morgan fingerprint density at radius 3 is 2.45 bits per heavy atom. The molecule has 0 unspecified atom stereocenters. The van der Waals surface area contributed by atoms with Crippen LogP contribution in [0, 0.1) is 13.8 Å². The number of H-pyrrole nitrogens is 1. The molecule has 0 atom stereocenters. The molecule has 1 aromatic carbocycles. The Balaban J connectivity index is 1.48. The van der Waals surface area contributed by atoms with Crippen LogP contribution in [0.2, 0.25) is 0 Å². The Kier molecular flexibility index (Phi) is 7.68. The zero-order valence-electron chi connectivity index (χ0n) is 18.8. The maximum Gasteiger partial charge on any atom is 0.253 e. The number of benzene rings is 1. The number of ether oxygens (including phenoxy) is 2. The van der Waals surface area contributed by atoms with Gasteiger partial charge >= 0.3 is 0 Å². The van der Waals surface area contributed by atoms with Gasteiger partial charge in [0.2, 0.25) is 5.91 Å². The first kappa shape index (κ1) is 22.8. The van der Waals surface area contributed by atoms with Gasteiger partial charge in [0.05, 0.1) is 5.69 Å². The highest BCUT2D eigenvalue weighted by Gasteiger charge is 2.24. The highest BCUT2D eigenvalue weighted by atomic mass is 16.5. The van der Waals surface area contributed by atoms with Crippen LogP contribution in [0.3, 0.4) is 0 Å². The van der Waals surface area contributed by atoms with Crippen molar-refractivity contribution in [3.63, 3.8) is 0 Å². The van der Waals surface area contributed by atoms with Crippen LogP contribution >= 0.6 is 0 Å². The number of piperidine rings is 1. The fourth-order valence-electron chi connectivity index (χ4n) is 3.85. The Labute approximate surface area is 183 Å². The summed E-state index contributed by atoms with van der Waals surface area (Å²) in [6.07, 6.45) is 2.40. The first-order valence-corrected chi connectivity index (χ1v) is 10.7. The molecule has 1 N–H and O–H groups in total. The number of hydrogen-bond acceptors (Lipinski definition) is 5. The molecule has 8 nitrogen and oxygen atoms in total. The van der Waals surface area contributed by atoms with Crippen molar-refractivity contribution in [1.29, 1.82) is 0 Å². The quantitative estimate of drug-likeness (QED) is 0.697. The second-order valence-corrected chi connectivity index (χ2v) is 8.04. The molecule has 31 heavy (non-hydrogen) atoms. The summed E-state index contributed by atoms with van der Waals surface area (Å²) < 4.78 is 11.0. The summed E-state index contributed by atoms with van der Waals surface area (Å²) in [6, 6.07) is 7.29. The molecule has 8 heteroatoms. The number of likely N-dealkylation sites (N-methyl/N-ethyl adjacent to an activating group) is 1. The number of carbonyl (C=O) groups excluding carboxylic acids is 2. The molecule has 2 amide bonds. The van der Waals surface area contributed by atoms with Crippen molar-refractivity contribution in [1.82, 2.24) is 20.0 Å². The van der Waals surface area contributed by atoms with Crippen LogP contribution in [0.5, 0.6) is 5.75 Å². The number of likely N-dealkylation sites (tertiary alicyclic amines) is 1. The van der Waals surface area contributed by atoms with Gasteiger partial charge in [-0.1, -0.05) is 0 Å². The van der Waals surface area contributed by atoms with Crippen LogP contribution in [-0.2, 0) is 16.0 Å². The highest BCUT2D eigenvalue weighted by molar-refractivity contribution is 5.94. The number of aryl methyl sites for hydroxylation is 2. The molecule has 0 aliphatic carbocycles. The van der Waals surface area contributed by atoms with E-state index < -0.39 is 0 Å². The van der Waals surface area contributed by atoms with Crippen LogP contribution in [0.25, 0.3) is 0 Å². The van der Waals surface area contributed by atoms with Gasteiger partial charge in [-0.15, -0.1) is 0 Å². The number of carbonyl (C=O) groups is 2. The molecule has 168 valence electrons. The Morgan fingerprint density at radius 2 is 1.87 bits per heavy atom. The minimum Gasteiger partial charge on any atom is -0.490 e. The summed E-state index contributed by atoms with van der Waals surface area (Å²) >= 11 is 0. The number of amides is 2. The maximum absolute atomic E-state index is 12.7. The predicted octanol–water partition coefficient (Wildman–Crippen LogP) is 2.36. The largest absolute Gasteiger partial charge is 0.490 e. The van der Waals surface area contributed by atoms with E-state index >= 15 is 0 Å². The van der Waals surface area contributed by atoms with Crippen LogP contribution in [0.1, 0.15) is 40.2 Å². The summed E-state index contributed by atoms with van der Waals surface area (Å²) in [5, 5.41) is 7.19. The SMILES string of the molecule is COCC(=O)N1CCC(Oc2ccc(C(=O)N(C)CCc3c(C)n[nH]c3C)cc2)CC1. The molecule has 1 aliphatic heterocycles. The van der Waals surface area contributed by atoms with Crippen LogP contribution in [0.15, 0.2) is 24.3 Å². The summed E-state index contributed by atoms with van der Waals surface area (Å²) in [6.45, 7) is 6.06. The zero-order valence-corrected chi connectivity index (χ0v) is 18.8. The maximum atomic E-state index is 12.7. The van der Waals surface area contributed by atoms with E-state index in [1.807, 2.05) is 37.9 Å². The fourth-order valence-corrected chi connectivity index (χ4v) is 3.85. The molecule has 1 saturated heterocycles. The average Bonchev–Trinajstić information content (AvgIpc) is 3.10. The van der Waals surface area contributed by atoms with E-state index in [4.69, 9.17) is 9.47 Å². The molecule has 1 aliphatic rings. The van der Waals surface area contributed by atoms with E-state index in [2.05, 4.69) is 10.2 Å². The van der Waals surface area contributed by atoms with E-state index in [-0.39, 0.29) is 24.5 Å². The zero-order chi connectivity index (χ0) is 22.4. The van der Waals surface area contributed by atoms with Crippen molar-refractivity contribution < 1.29 is 19.1 Å². The summed E-state index contributed by atoms with van der Waals surface area (Å²) in [5.41, 5.74) is 3.83. The van der Waals surface area contributed by atoms with Gasteiger partial charge in [-0.25, -0.2) is 0 Å². The third kappa shape index (κ3) is 5.85. The van der Waals surface area contributed by atoms with Crippen molar-refractivity contribution in [2.75, 3.05) is 40.4 Å². The van der Waals surface area contributed by atoms with Gasteiger partial charge in [0.25, 0.3) is 5.91 Å². The highest BCUT2D eigenvalue weighted by Crippen LogP contribution is 2.20. The van der Waals surface area contributed by atoms with Crippen LogP contribution < -0.4 is 4.74 Å². The number of nitrogens with zero attached hydrogens (tertiary/aromatic N) is 3. The van der Waals surface area contributed by atoms with Crippen molar-refractivity contribution >= 4 is 11.8 Å². The number of rotatable bonds is 8. The van der Waals surface area contributed by atoms with E-state index in [1.54, 1.807) is 17.0 Å². The molecule has 2 heterocycles. The molecule has 1 fully saturated rings. The van der Waals surface area contributed by atoms with Gasteiger partial charge in [0.1, 0.15) is 18.5 Å². The van der Waals surface area contributed by atoms with Gasteiger partial charge in [-0.3, -0.25) is 14.7 Å². The van der Waals surface area contributed by atoms with Crippen molar-refractivity contribution in [3.05, 3.63) is 46.8 Å². The molecule has 0 bridgehead atoms. The second-order valence-electron chi connectivity index (χ2n) is 8.04. The predicted molar refractivity (Wildman–Crippen MR) is 117 cm³/mol. The lowest BCUT2D eigenvalue weighted by Gasteiger charge is -2.32. The van der Waals surface area contributed by atoms with Crippen LogP contribution in [0.4, 0.5) is 0 Å². The summed E-state index contributed by atoms with van der Waals surface area (Å²) in [5.74, 6) is 0.742. The molecule has 1 aromatic heterocycles. The molecule has 0 spiro atoms. The number of methoxy groups -OCH3 is 1. The smallest absolute Gasteiger partial charge is 0.253 e. The Morgan fingerprint density at radius 1 is 1.19 bits per heavy atom. The molecular formula is C23H32N4O4. The minimum atomic E-state index is -0.0182. The monoisotopic (exact) mass is 428 g/mol. The molecule has 0 saturated carbocycles. The van der Waals surface area contributed by atoms with E-state index in [9.17, 15) is 9.59 Å². The van der Waals surface area contributed by atoms with Crippen molar-refractivity contribution in [2.45, 2.75) is 39.2 Å². The lowest BCUT2D eigenvalue weighted by molar-refractivity contribution is -0.136. The van der Waals surface area contributed by atoms with E-state index in [1.165, 1.54) is 12.7 Å². The first-order chi connectivity index (χ1) is 14.9. The number of aromatic amines is 1. The van der Waals surface area contributed by atoms with Gasteiger partial charge in [-0.05, 0) is 50.1 Å². The lowest BCUT2D eigenvalue weighted by atomic mass is 10.1. The second kappa shape index (κ2) is 10.4. The molecule has 0 radical (unpaired) electrons. The normalized spacial score (nSPS) is 14.5. The minimum absolute atomic E-state index is 0.0182.